The van der Waals surface area contributed by atoms with Crippen LogP contribution in [0.2, 0.25) is 0 Å². The molecule has 2 heteroatoms. The van der Waals surface area contributed by atoms with E-state index >= 15 is 0 Å². The van der Waals surface area contributed by atoms with Crippen LogP contribution in [0.15, 0.2) is 36.4 Å². The SMILES string of the molecule is Cc1cc(C)c(C(C)(N)c2ccccc2C)c(F)c1. The molecule has 2 aromatic rings. The minimum atomic E-state index is -0.826. The van der Waals surface area contributed by atoms with Crippen LogP contribution in [0, 0.1) is 26.6 Å². The third-order valence-electron chi connectivity index (χ3n) is 3.66. The number of aryl methyl sites for hydroxylation is 3. The summed E-state index contributed by atoms with van der Waals surface area (Å²) in [4.78, 5) is 0. The van der Waals surface area contributed by atoms with Crippen molar-refractivity contribution >= 4 is 0 Å². The summed E-state index contributed by atoms with van der Waals surface area (Å²) in [5, 5.41) is 0. The highest BCUT2D eigenvalue weighted by atomic mass is 19.1. The summed E-state index contributed by atoms with van der Waals surface area (Å²) in [6.45, 7) is 7.67. The monoisotopic (exact) mass is 257 g/mol. The lowest BCUT2D eigenvalue weighted by Crippen LogP contribution is -2.37. The average Bonchev–Trinajstić information content (AvgIpc) is 2.27. The maximum Gasteiger partial charge on any atom is 0.129 e. The molecule has 0 spiro atoms. The molecule has 0 saturated heterocycles. The fourth-order valence-electron chi connectivity index (χ4n) is 2.86. The van der Waals surface area contributed by atoms with E-state index in [0.717, 1.165) is 22.3 Å². The molecule has 0 aromatic heterocycles. The minimum Gasteiger partial charge on any atom is -0.318 e. The minimum absolute atomic E-state index is 0.231. The van der Waals surface area contributed by atoms with Crippen LogP contribution in [-0.4, -0.2) is 0 Å². The van der Waals surface area contributed by atoms with Gasteiger partial charge >= 0.3 is 0 Å². The van der Waals surface area contributed by atoms with E-state index in [2.05, 4.69) is 0 Å². The molecule has 0 fully saturated rings. The van der Waals surface area contributed by atoms with Gasteiger partial charge in [-0.05, 0) is 56.0 Å². The van der Waals surface area contributed by atoms with E-state index in [-0.39, 0.29) is 5.82 Å². The van der Waals surface area contributed by atoms with Crippen LogP contribution in [0.5, 0.6) is 0 Å². The van der Waals surface area contributed by atoms with E-state index in [1.807, 2.05) is 58.0 Å². The Morgan fingerprint density at radius 3 is 2.21 bits per heavy atom. The molecule has 1 unspecified atom stereocenters. The molecule has 100 valence electrons. The molecule has 2 rings (SSSR count). The van der Waals surface area contributed by atoms with Gasteiger partial charge < -0.3 is 5.73 Å². The Bertz CT molecular complexity index is 591. The first-order chi connectivity index (χ1) is 8.84. The van der Waals surface area contributed by atoms with E-state index < -0.39 is 5.54 Å². The van der Waals surface area contributed by atoms with Crippen molar-refractivity contribution in [3.63, 3.8) is 0 Å². The van der Waals surface area contributed by atoms with E-state index in [4.69, 9.17) is 5.73 Å². The number of benzene rings is 2. The molecule has 1 atom stereocenters. The topological polar surface area (TPSA) is 26.0 Å². The normalized spacial score (nSPS) is 14.2. The van der Waals surface area contributed by atoms with Crippen molar-refractivity contribution < 1.29 is 4.39 Å². The van der Waals surface area contributed by atoms with Crippen LogP contribution in [0.25, 0.3) is 0 Å². The Morgan fingerprint density at radius 1 is 1.00 bits per heavy atom. The van der Waals surface area contributed by atoms with Gasteiger partial charge in [0, 0.05) is 5.56 Å². The van der Waals surface area contributed by atoms with Gasteiger partial charge in [0.05, 0.1) is 5.54 Å². The van der Waals surface area contributed by atoms with Crippen LogP contribution in [0.1, 0.15) is 34.7 Å². The highest BCUT2D eigenvalue weighted by Crippen LogP contribution is 2.33. The fraction of sp³-hybridized carbons (Fsp3) is 0.294. The van der Waals surface area contributed by atoms with Gasteiger partial charge in [-0.1, -0.05) is 30.3 Å². The number of rotatable bonds is 2. The van der Waals surface area contributed by atoms with E-state index in [1.54, 1.807) is 6.07 Å². The second-order valence-corrected chi connectivity index (χ2v) is 5.46. The average molecular weight is 257 g/mol. The van der Waals surface area contributed by atoms with Crippen LogP contribution in [0.4, 0.5) is 4.39 Å². The first kappa shape index (κ1) is 13.8. The molecular formula is C17H20FN. The van der Waals surface area contributed by atoms with Crippen molar-refractivity contribution in [2.45, 2.75) is 33.2 Å². The van der Waals surface area contributed by atoms with E-state index in [0.29, 0.717) is 5.56 Å². The zero-order valence-corrected chi connectivity index (χ0v) is 11.9. The standard InChI is InChI=1S/C17H20FN/c1-11-9-13(3)16(15(18)10-11)17(4,19)14-8-6-5-7-12(14)2/h5-10H,19H2,1-4H3. The largest absolute Gasteiger partial charge is 0.318 e. The highest BCUT2D eigenvalue weighted by molar-refractivity contribution is 5.46. The van der Waals surface area contributed by atoms with Crippen LogP contribution >= 0.6 is 0 Å². The molecule has 2 N–H and O–H groups in total. The number of hydrogen-bond acceptors (Lipinski definition) is 1. The molecule has 0 aliphatic carbocycles. The first-order valence-corrected chi connectivity index (χ1v) is 6.46. The lowest BCUT2D eigenvalue weighted by Gasteiger charge is -2.30. The number of hydrogen-bond donors (Lipinski definition) is 1. The maximum atomic E-state index is 14.3. The predicted molar refractivity (Wildman–Crippen MR) is 77.7 cm³/mol. The Hall–Kier alpha value is -1.67. The molecule has 0 aliphatic heterocycles. The van der Waals surface area contributed by atoms with Gasteiger partial charge in [0.25, 0.3) is 0 Å². The van der Waals surface area contributed by atoms with Crippen molar-refractivity contribution in [1.29, 1.82) is 0 Å². The van der Waals surface area contributed by atoms with E-state index in [9.17, 15) is 4.39 Å². The Labute approximate surface area is 114 Å². The summed E-state index contributed by atoms with van der Waals surface area (Å²) in [5.74, 6) is -0.231. The summed E-state index contributed by atoms with van der Waals surface area (Å²) in [7, 11) is 0. The summed E-state index contributed by atoms with van der Waals surface area (Å²) < 4.78 is 14.3. The van der Waals surface area contributed by atoms with Crippen molar-refractivity contribution in [3.05, 3.63) is 70.0 Å². The van der Waals surface area contributed by atoms with Crippen LogP contribution in [0.3, 0.4) is 0 Å². The number of nitrogens with two attached hydrogens (primary N) is 1. The summed E-state index contributed by atoms with van der Waals surface area (Å²) in [5.41, 5.74) is 10.1. The molecular weight excluding hydrogens is 237 g/mol. The highest BCUT2D eigenvalue weighted by Gasteiger charge is 2.30. The quantitative estimate of drug-likeness (QED) is 0.865. The molecule has 19 heavy (non-hydrogen) atoms. The molecule has 0 heterocycles. The molecule has 0 amide bonds. The van der Waals surface area contributed by atoms with Crippen LogP contribution in [-0.2, 0) is 5.54 Å². The lowest BCUT2D eigenvalue weighted by molar-refractivity contribution is 0.524. The first-order valence-electron chi connectivity index (χ1n) is 6.46. The zero-order valence-electron chi connectivity index (χ0n) is 11.9. The third-order valence-corrected chi connectivity index (χ3v) is 3.66. The number of halogens is 1. The maximum absolute atomic E-state index is 14.3. The van der Waals surface area contributed by atoms with Gasteiger partial charge in [0.1, 0.15) is 5.82 Å². The molecule has 1 nitrogen and oxygen atoms in total. The molecule has 0 radical (unpaired) electrons. The zero-order chi connectivity index (χ0) is 14.2. The Balaban J connectivity index is 2.67. The Morgan fingerprint density at radius 2 is 1.63 bits per heavy atom. The van der Waals surface area contributed by atoms with Gasteiger partial charge in [-0.15, -0.1) is 0 Å². The summed E-state index contributed by atoms with van der Waals surface area (Å²) in [6.07, 6.45) is 0. The Kier molecular flexibility index (Phi) is 3.46. The van der Waals surface area contributed by atoms with Crippen LogP contribution < -0.4 is 5.73 Å². The third kappa shape index (κ3) is 2.41. The van der Waals surface area contributed by atoms with Gasteiger partial charge in [0.2, 0.25) is 0 Å². The second-order valence-electron chi connectivity index (χ2n) is 5.46. The van der Waals surface area contributed by atoms with Gasteiger partial charge in [-0.25, -0.2) is 4.39 Å². The summed E-state index contributed by atoms with van der Waals surface area (Å²) >= 11 is 0. The van der Waals surface area contributed by atoms with Crippen molar-refractivity contribution in [1.82, 2.24) is 0 Å². The van der Waals surface area contributed by atoms with E-state index in [1.165, 1.54) is 0 Å². The summed E-state index contributed by atoms with van der Waals surface area (Å²) in [6, 6.07) is 11.4. The van der Waals surface area contributed by atoms with Gasteiger partial charge in [-0.2, -0.15) is 0 Å². The van der Waals surface area contributed by atoms with Crippen molar-refractivity contribution in [2.24, 2.45) is 5.73 Å². The molecule has 2 aromatic carbocycles. The molecule has 0 aliphatic rings. The van der Waals surface area contributed by atoms with Crippen molar-refractivity contribution in [3.8, 4) is 0 Å². The van der Waals surface area contributed by atoms with Gasteiger partial charge in [0.15, 0.2) is 0 Å². The second kappa shape index (κ2) is 4.78. The van der Waals surface area contributed by atoms with Crippen molar-refractivity contribution in [2.75, 3.05) is 0 Å². The smallest absolute Gasteiger partial charge is 0.129 e. The lowest BCUT2D eigenvalue weighted by atomic mass is 9.80. The fourth-order valence-corrected chi connectivity index (χ4v) is 2.86. The van der Waals surface area contributed by atoms with Gasteiger partial charge in [-0.3, -0.25) is 0 Å². The predicted octanol–water partition coefficient (Wildman–Crippen LogP) is 3.97. The molecule has 0 saturated carbocycles. The molecule has 0 bridgehead atoms.